The first-order chi connectivity index (χ1) is 18.7. The molecule has 1 saturated heterocycles. The van der Waals surface area contributed by atoms with Crippen molar-refractivity contribution in [2.24, 2.45) is 0 Å². The van der Waals surface area contributed by atoms with Crippen molar-refractivity contribution in [3.05, 3.63) is 88.5 Å². The molecule has 0 radical (unpaired) electrons. The second-order valence-corrected chi connectivity index (χ2v) is 10.4. The zero-order chi connectivity index (χ0) is 27.6. The molecule has 5 rings (SSSR count). The standard InChI is InChI=1S/C29H31F4N5O/c1-37-11-13-38(14-12-37)27-35-19-24(25(36-27)28(9-5-6-10-28)21-7-3-2-4-8-21)26(39)34-18-20-15-22(29(31,32)33)17-23(30)16-20/h2-4,7-8,15-17,19H,5-6,9-14,18H2,1H3,(H,34,39). The average Bonchev–Trinajstić information content (AvgIpc) is 3.43. The number of piperazine rings is 1. The molecule has 6 nitrogen and oxygen atoms in total. The molecule has 2 fully saturated rings. The Morgan fingerprint density at radius 3 is 2.38 bits per heavy atom. The van der Waals surface area contributed by atoms with Gasteiger partial charge in [-0.2, -0.15) is 13.2 Å². The summed E-state index contributed by atoms with van der Waals surface area (Å²) in [5.41, 5.74) is 0.418. The van der Waals surface area contributed by atoms with Gasteiger partial charge >= 0.3 is 6.18 Å². The number of carbonyl (C=O) groups excluding carboxylic acids is 1. The van der Waals surface area contributed by atoms with Crippen molar-refractivity contribution in [1.29, 1.82) is 0 Å². The lowest BCUT2D eigenvalue weighted by Crippen LogP contribution is -2.45. The van der Waals surface area contributed by atoms with E-state index in [1.165, 1.54) is 6.20 Å². The van der Waals surface area contributed by atoms with Gasteiger partial charge in [0.1, 0.15) is 5.82 Å². The number of alkyl halides is 3. The van der Waals surface area contributed by atoms with Crippen LogP contribution >= 0.6 is 0 Å². The summed E-state index contributed by atoms with van der Waals surface area (Å²) in [5, 5.41) is 2.69. The summed E-state index contributed by atoms with van der Waals surface area (Å²) < 4.78 is 53.4. The maximum Gasteiger partial charge on any atom is 0.416 e. The summed E-state index contributed by atoms with van der Waals surface area (Å²) in [7, 11) is 2.07. The molecule has 2 heterocycles. The predicted octanol–water partition coefficient (Wildman–Crippen LogP) is 5.18. The number of benzene rings is 2. The number of hydrogen-bond donors (Lipinski definition) is 1. The highest BCUT2D eigenvalue weighted by Gasteiger charge is 2.42. The van der Waals surface area contributed by atoms with Gasteiger partial charge in [-0.1, -0.05) is 43.2 Å². The van der Waals surface area contributed by atoms with Crippen LogP contribution in [-0.4, -0.2) is 54.0 Å². The van der Waals surface area contributed by atoms with Crippen molar-refractivity contribution in [1.82, 2.24) is 20.2 Å². The second-order valence-electron chi connectivity index (χ2n) is 10.4. The average molecular weight is 542 g/mol. The molecule has 1 aliphatic carbocycles. The first kappa shape index (κ1) is 27.1. The number of nitrogens with one attached hydrogen (secondary N) is 1. The number of carbonyl (C=O) groups is 1. The SMILES string of the molecule is CN1CCN(c2ncc(C(=O)NCc3cc(F)cc(C(F)(F)F)c3)c(C3(c4ccccc4)CCCC3)n2)CC1. The molecule has 3 aromatic rings. The van der Waals surface area contributed by atoms with Crippen molar-refractivity contribution < 1.29 is 22.4 Å². The van der Waals surface area contributed by atoms with E-state index in [4.69, 9.17) is 4.98 Å². The third-order valence-corrected chi connectivity index (χ3v) is 7.78. The highest BCUT2D eigenvalue weighted by molar-refractivity contribution is 5.95. The van der Waals surface area contributed by atoms with Crippen molar-refractivity contribution in [2.45, 2.75) is 43.8 Å². The van der Waals surface area contributed by atoms with E-state index < -0.39 is 28.9 Å². The molecule has 0 atom stereocenters. The highest BCUT2D eigenvalue weighted by Crippen LogP contribution is 2.47. The second kappa shape index (κ2) is 10.9. The van der Waals surface area contributed by atoms with Crippen LogP contribution in [0.1, 0.15) is 58.4 Å². The Labute approximate surface area is 225 Å². The number of aromatic nitrogens is 2. The summed E-state index contributed by atoms with van der Waals surface area (Å²) in [4.78, 5) is 27.5. The lowest BCUT2D eigenvalue weighted by molar-refractivity contribution is -0.137. The number of nitrogens with zero attached hydrogens (tertiary/aromatic N) is 4. The molecule has 39 heavy (non-hydrogen) atoms. The lowest BCUT2D eigenvalue weighted by atomic mass is 9.74. The van der Waals surface area contributed by atoms with Crippen LogP contribution < -0.4 is 10.2 Å². The molecule has 1 amide bonds. The summed E-state index contributed by atoms with van der Waals surface area (Å²) in [6.45, 7) is 3.01. The van der Waals surface area contributed by atoms with Gasteiger partial charge in [-0.25, -0.2) is 14.4 Å². The monoisotopic (exact) mass is 541 g/mol. The van der Waals surface area contributed by atoms with E-state index in [1.54, 1.807) is 0 Å². The van der Waals surface area contributed by atoms with Crippen LogP contribution in [0.15, 0.2) is 54.7 Å². The van der Waals surface area contributed by atoms with Crippen LogP contribution in [0.3, 0.4) is 0 Å². The van der Waals surface area contributed by atoms with E-state index in [1.807, 2.05) is 18.2 Å². The molecular weight excluding hydrogens is 510 g/mol. The van der Waals surface area contributed by atoms with Gasteiger partial charge in [0.15, 0.2) is 0 Å². The van der Waals surface area contributed by atoms with Crippen molar-refractivity contribution in [2.75, 3.05) is 38.1 Å². The van der Waals surface area contributed by atoms with Crippen molar-refractivity contribution >= 4 is 11.9 Å². The highest BCUT2D eigenvalue weighted by atomic mass is 19.4. The minimum Gasteiger partial charge on any atom is -0.348 e. The Morgan fingerprint density at radius 1 is 1.03 bits per heavy atom. The molecule has 1 aromatic heterocycles. The Hall–Kier alpha value is -3.53. The molecule has 2 aromatic carbocycles. The zero-order valence-electron chi connectivity index (χ0n) is 21.8. The Bertz CT molecular complexity index is 1320. The topological polar surface area (TPSA) is 61.4 Å². The molecular formula is C29H31F4N5O. The maximum absolute atomic E-state index is 13.9. The van der Waals surface area contributed by atoms with Crippen LogP contribution in [0.4, 0.5) is 23.5 Å². The number of halogens is 4. The Morgan fingerprint density at radius 2 is 1.72 bits per heavy atom. The predicted molar refractivity (Wildman–Crippen MR) is 140 cm³/mol. The molecule has 1 saturated carbocycles. The summed E-state index contributed by atoms with van der Waals surface area (Å²) in [6, 6.07) is 12.3. The molecule has 0 bridgehead atoms. The van der Waals surface area contributed by atoms with E-state index in [9.17, 15) is 22.4 Å². The van der Waals surface area contributed by atoms with Gasteiger partial charge in [0.05, 0.1) is 16.8 Å². The first-order valence-electron chi connectivity index (χ1n) is 13.2. The zero-order valence-corrected chi connectivity index (χ0v) is 21.8. The normalized spacial score (nSPS) is 17.8. The molecule has 1 aliphatic heterocycles. The summed E-state index contributed by atoms with van der Waals surface area (Å²) in [5.74, 6) is -0.949. The Balaban J connectivity index is 1.50. The number of anilines is 1. The van der Waals surface area contributed by atoms with Gasteiger partial charge in [0.25, 0.3) is 5.91 Å². The van der Waals surface area contributed by atoms with Crippen molar-refractivity contribution in [3.63, 3.8) is 0 Å². The summed E-state index contributed by atoms with van der Waals surface area (Å²) in [6.07, 6.45) is 0.428. The third kappa shape index (κ3) is 5.75. The van der Waals surface area contributed by atoms with Gasteiger partial charge in [0, 0.05) is 44.3 Å². The van der Waals surface area contributed by atoms with E-state index in [-0.39, 0.29) is 17.7 Å². The fraction of sp³-hybridized carbons (Fsp3) is 0.414. The first-order valence-corrected chi connectivity index (χ1v) is 13.2. The molecule has 10 heteroatoms. The number of rotatable bonds is 6. The molecule has 206 valence electrons. The fourth-order valence-corrected chi connectivity index (χ4v) is 5.65. The van der Waals surface area contributed by atoms with Gasteiger partial charge < -0.3 is 15.1 Å². The van der Waals surface area contributed by atoms with Crippen molar-refractivity contribution in [3.8, 4) is 0 Å². The molecule has 2 aliphatic rings. The number of amides is 1. The largest absolute Gasteiger partial charge is 0.416 e. The summed E-state index contributed by atoms with van der Waals surface area (Å²) >= 11 is 0. The minimum absolute atomic E-state index is 0.0193. The van der Waals surface area contributed by atoms with Crippen LogP contribution in [0.2, 0.25) is 0 Å². The van der Waals surface area contributed by atoms with Crippen LogP contribution in [0.25, 0.3) is 0 Å². The molecule has 0 unspecified atom stereocenters. The fourth-order valence-electron chi connectivity index (χ4n) is 5.65. The maximum atomic E-state index is 13.9. The van der Waals surface area contributed by atoms with E-state index in [2.05, 4.69) is 39.3 Å². The molecule has 0 spiro atoms. The lowest BCUT2D eigenvalue weighted by Gasteiger charge is -2.35. The van der Waals surface area contributed by atoms with E-state index in [0.717, 1.165) is 69.6 Å². The van der Waals surface area contributed by atoms with Gasteiger partial charge in [-0.3, -0.25) is 4.79 Å². The van der Waals surface area contributed by atoms with E-state index >= 15 is 0 Å². The van der Waals surface area contributed by atoms with Gasteiger partial charge in [-0.15, -0.1) is 0 Å². The quantitative estimate of drug-likeness (QED) is 0.436. The van der Waals surface area contributed by atoms with Gasteiger partial charge in [0.2, 0.25) is 5.95 Å². The minimum atomic E-state index is -4.69. The number of likely N-dealkylation sites (N-methyl/N-ethyl adjacent to an activating group) is 1. The van der Waals surface area contributed by atoms with E-state index in [0.29, 0.717) is 17.7 Å². The van der Waals surface area contributed by atoms with Crippen LogP contribution in [-0.2, 0) is 18.1 Å². The third-order valence-electron chi connectivity index (χ3n) is 7.78. The molecule has 1 N–H and O–H groups in total. The van der Waals surface area contributed by atoms with Crippen LogP contribution in [0, 0.1) is 5.82 Å². The smallest absolute Gasteiger partial charge is 0.348 e. The number of hydrogen-bond acceptors (Lipinski definition) is 5. The van der Waals surface area contributed by atoms with Crippen LogP contribution in [0.5, 0.6) is 0 Å². The Kier molecular flexibility index (Phi) is 7.57. The van der Waals surface area contributed by atoms with Gasteiger partial charge in [-0.05, 0) is 49.2 Å².